The Bertz CT molecular complexity index is 1090. The van der Waals surface area contributed by atoms with Crippen molar-refractivity contribution in [3.8, 4) is 5.69 Å². The fourth-order valence-electron chi connectivity index (χ4n) is 3.33. The number of benzene rings is 2. The maximum Gasteiger partial charge on any atom is 0.333 e. The number of aromatic nitrogens is 2. The van der Waals surface area contributed by atoms with Crippen LogP contribution >= 0.6 is 11.6 Å². The molecule has 8 heteroatoms. The summed E-state index contributed by atoms with van der Waals surface area (Å²) in [5.41, 5.74) is 5.70. The summed E-state index contributed by atoms with van der Waals surface area (Å²) in [6.45, 7) is 6.67. The van der Waals surface area contributed by atoms with Crippen LogP contribution in [0.4, 0.5) is 4.39 Å². The molecule has 0 unspecified atom stereocenters. The summed E-state index contributed by atoms with van der Waals surface area (Å²) in [6, 6.07) is 9.25. The Morgan fingerprint density at radius 2 is 1.89 bits per heavy atom. The van der Waals surface area contributed by atoms with Gasteiger partial charge in [-0.25, -0.2) is 9.18 Å². The number of carbonyl (C=O) groups is 1. The Morgan fingerprint density at radius 3 is 2.50 bits per heavy atom. The molecule has 2 aromatic carbocycles. The Kier molecular flexibility index (Phi) is 5.86. The van der Waals surface area contributed by atoms with Crippen molar-refractivity contribution < 1.29 is 9.18 Å². The van der Waals surface area contributed by atoms with Crippen LogP contribution in [0.25, 0.3) is 16.7 Å². The van der Waals surface area contributed by atoms with Crippen molar-refractivity contribution in [2.24, 2.45) is 5.73 Å². The first-order valence-corrected chi connectivity index (χ1v) is 9.48. The van der Waals surface area contributed by atoms with Crippen molar-refractivity contribution in [3.63, 3.8) is 0 Å². The maximum absolute atomic E-state index is 15.0. The van der Waals surface area contributed by atoms with Crippen LogP contribution in [0.1, 0.15) is 24.2 Å². The van der Waals surface area contributed by atoms with E-state index in [1.165, 1.54) is 15.2 Å². The molecule has 0 aliphatic rings. The summed E-state index contributed by atoms with van der Waals surface area (Å²) < 4.78 is 17.7. The van der Waals surface area contributed by atoms with Gasteiger partial charge in [0, 0.05) is 18.7 Å². The van der Waals surface area contributed by atoms with Crippen LogP contribution in [0, 0.1) is 5.82 Å². The summed E-state index contributed by atoms with van der Waals surface area (Å²) in [5.74, 6) is -1.46. The highest BCUT2D eigenvalue weighted by molar-refractivity contribution is 6.32. The van der Waals surface area contributed by atoms with Crippen LogP contribution in [0.3, 0.4) is 0 Å². The van der Waals surface area contributed by atoms with Crippen molar-refractivity contribution in [1.29, 1.82) is 0 Å². The first-order chi connectivity index (χ1) is 13.4. The second-order valence-corrected chi connectivity index (χ2v) is 6.85. The van der Waals surface area contributed by atoms with Gasteiger partial charge in [-0.15, -0.1) is 0 Å². The number of fused-ring (bicyclic) bond motifs is 1. The smallest absolute Gasteiger partial charge is 0.333 e. The molecule has 0 aliphatic heterocycles. The number of halogens is 2. The van der Waals surface area contributed by atoms with Crippen molar-refractivity contribution in [2.75, 3.05) is 19.6 Å². The van der Waals surface area contributed by atoms with Crippen molar-refractivity contribution >= 4 is 28.5 Å². The largest absolute Gasteiger partial charge is 0.366 e. The molecule has 0 bridgehead atoms. The second kappa shape index (κ2) is 8.16. The molecule has 3 aromatic rings. The van der Waals surface area contributed by atoms with Crippen LogP contribution in [-0.2, 0) is 6.54 Å². The van der Waals surface area contributed by atoms with Gasteiger partial charge in [-0.05, 0) is 37.4 Å². The average molecular weight is 405 g/mol. The summed E-state index contributed by atoms with van der Waals surface area (Å²) in [4.78, 5) is 27.0. The van der Waals surface area contributed by atoms with Gasteiger partial charge in [0.25, 0.3) is 0 Å². The lowest BCUT2D eigenvalue weighted by molar-refractivity contribution is 0.1000. The van der Waals surface area contributed by atoms with Crippen LogP contribution in [0.5, 0.6) is 0 Å². The Hall–Kier alpha value is -2.64. The number of para-hydroxylation sites is 1. The third kappa shape index (κ3) is 3.55. The van der Waals surface area contributed by atoms with E-state index >= 15 is 0 Å². The van der Waals surface area contributed by atoms with Gasteiger partial charge < -0.3 is 10.6 Å². The number of primary amides is 1. The lowest BCUT2D eigenvalue weighted by Crippen LogP contribution is -2.31. The molecule has 2 N–H and O–H groups in total. The highest BCUT2D eigenvalue weighted by atomic mass is 35.5. The van der Waals surface area contributed by atoms with Gasteiger partial charge >= 0.3 is 5.69 Å². The van der Waals surface area contributed by atoms with Gasteiger partial charge in [-0.3, -0.25) is 13.9 Å². The Balaban J connectivity index is 2.29. The molecule has 148 valence electrons. The van der Waals surface area contributed by atoms with E-state index in [1.807, 2.05) is 13.8 Å². The van der Waals surface area contributed by atoms with E-state index in [4.69, 9.17) is 17.3 Å². The SMILES string of the molecule is CCN(CC)CCn1c(=O)n(-c2ccccc2Cl)c2c(F)cc(C(N)=O)cc21. The molecule has 0 radical (unpaired) electrons. The summed E-state index contributed by atoms with van der Waals surface area (Å²) in [6.07, 6.45) is 0. The van der Waals surface area contributed by atoms with Gasteiger partial charge in [-0.2, -0.15) is 0 Å². The first kappa shape index (κ1) is 20.1. The Morgan fingerprint density at radius 1 is 1.21 bits per heavy atom. The minimum Gasteiger partial charge on any atom is -0.366 e. The standard InChI is InChI=1S/C20H22ClFN4O2/c1-3-24(4-2)9-10-25-17-12-13(19(23)27)11-15(22)18(17)26(20(25)28)16-8-6-5-7-14(16)21/h5-8,11-12H,3-4,9-10H2,1-2H3,(H2,23,27). The fraction of sp³-hybridized carbons (Fsp3) is 0.300. The van der Waals surface area contributed by atoms with E-state index in [9.17, 15) is 14.0 Å². The molecular weight excluding hydrogens is 383 g/mol. The van der Waals surface area contributed by atoms with Gasteiger partial charge in [0.15, 0.2) is 0 Å². The lowest BCUT2D eigenvalue weighted by Gasteiger charge is -2.18. The Labute approximate surface area is 166 Å². The average Bonchev–Trinajstić information content (AvgIpc) is 2.95. The number of rotatable bonds is 7. The van der Waals surface area contributed by atoms with Crippen LogP contribution < -0.4 is 11.4 Å². The summed E-state index contributed by atoms with van der Waals surface area (Å²) in [5, 5.41) is 0.325. The molecule has 1 heterocycles. The number of imidazole rings is 1. The molecule has 1 amide bonds. The molecule has 3 rings (SSSR count). The molecule has 1 aromatic heterocycles. The van der Waals surface area contributed by atoms with Gasteiger partial charge in [0.05, 0.1) is 16.2 Å². The number of likely N-dealkylation sites (N-methyl/N-ethyl adjacent to an activating group) is 1. The number of nitrogens with zero attached hydrogens (tertiary/aromatic N) is 3. The molecule has 0 aliphatic carbocycles. The summed E-state index contributed by atoms with van der Waals surface area (Å²) >= 11 is 6.27. The highest BCUT2D eigenvalue weighted by Gasteiger charge is 2.21. The van der Waals surface area contributed by atoms with Crippen LogP contribution in [0.15, 0.2) is 41.2 Å². The zero-order valence-electron chi connectivity index (χ0n) is 15.8. The molecule has 0 saturated heterocycles. The van der Waals surface area contributed by atoms with Gasteiger partial charge in [-0.1, -0.05) is 37.6 Å². The predicted molar refractivity (Wildman–Crippen MR) is 109 cm³/mol. The van der Waals surface area contributed by atoms with Crippen molar-refractivity contribution in [1.82, 2.24) is 14.0 Å². The van der Waals surface area contributed by atoms with Gasteiger partial charge in [0.1, 0.15) is 11.3 Å². The quantitative estimate of drug-likeness (QED) is 0.657. The van der Waals surface area contributed by atoms with Gasteiger partial charge in [0.2, 0.25) is 5.91 Å². The molecule has 0 spiro atoms. The first-order valence-electron chi connectivity index (χ1n) is 9.10. The second-order valence-electron chi connectivity index (χ2n) is 6.44. The normalized spacial score (nSPS) is 11.5. The third-order valence-corrected chi connectivity index (χ3v) is 5.21. The van der Waals surface area contributed by atoms with Crippen LogP contribution in [0.2, 0.25) is 5.02 Å². The molecule has 6 nitrogen and oxygen atoms in total. The highest BCUT2D eigenvalue weighted by Crippen LogP contribution is 2.26. The number of carbonyl (C=O) groups excluding carboxylic acids is 1. The number of hydrogen-bond acceptors (Lipinski definition) is 3. The number of hydrogen-bond donors (Lipinski definition) is 1. The zero-order chi connectivity index (χ0) is 20.4. The van der Waals surface area contributed by atoms with E-state index in [0.29, 0.717) is 29.3 Å². The van der Waals surface area contributed by atoms with Crippen molar-refractivity contribution in [3.05, 3.63) is 63.3 Å². The third-order valence-electron chi connectivity index (χ3n) is 4.89. The molecular formula is C20H22ClFN4O2. The predicted octanol–water partition coefficient (Wildman–Crippen LogP) is 3.03. The lowest BCUT2D eigenvalue weighted by atomic mass is 10.1. The maximum atomic E-state index is 15.0. The van der Waals surface area contributed by atoms with E-state index < -0.39 is 17.4 Å². The minimum atomic E-state index is -0.756. The van der Waals surface area contributed by atoms with Crippen LogP contribution in [-0.4, -0.2) is 39.6 Å². The van der Waals surface area contributed by atoms with E-state index in [-0.39, 0.29) is 11.1 Å². The fourth-order valence-corrected chi connectivity index (χ4v) is 3.55. The number of amides is 1. The van der Waals surface area contributed by atoms with E-state index in [2.05, 4.69) is 4.90 Å². The minimum absolute atomic E-state index is 0.0119. The molecule has 0 saturated carbocycles. The van der Waals surface area contributed by atoms with E-state index in [0.717, 1.165) is 19.2 Å². The zero-order valence-corrected chi connectivity index (χ0v) is 16.5. The molecule has 0 atom stereocenters. The van der Waals surface area contributed by atoms with E-state index in [1.54, 1.807) is 24.3 Å². The molecule has 0 fully saturated rings. The molecule has 28 heavy (non-hydrogen) atoms. The summed E-state index contributed by atoms with van der Waals surface area (Å²) in [7, 11) is 0. The van der Waals surface area contributed by atoms with Crippen molar-refractivity contribution in [2.45, 2.75) is 20.4 Å². The number of nitrogens with two attached hydrogens (primary N) is 1. The topological polar surface area (TPSA) is 73.3 Å². The monoisotopic (exact) mass is 404 g/mol.